The molecule has 0 aliphatic rings. The number of hydrogen-bond donors (Lipinski definition) is 0. The molecule has 0 spiro atoms. The fraction of sp³-hybridized carbons (Fsp3) is 0.125. The zero-order chi connectivity index (χ0) is 10.8. The molecule has 0 saturated heterocycles. The van der Waals surface area contributed by atoms with Crippen LogP contribution in [0.15, 0.2) is 30.3 Å². The molecular formula is C8H7N2O4. The number of benzene rings is 1. The Bertz CT molecular complexity index is 349. The van der Waals surface area contributed by atoms with Gasteiger partial charge < -0.3 is 0 Å². The van der Waals surface area contributed by atoms with Crippen molar-refractivity contribution in [3.05, 3.63) is 63.0 Å². The second kappa shape index (κ2) is 3.41. The SMILES string of the molecule is [CH2]C(c1ccccc1)([N+](=O)[O-])[N+](=O)[O-]. The van der Waals surface area contributed by atoms with Crippen LogP contribution in [0.25, 0.3) is 0 Å². The van der Waals surface area contributed by atoms with Crippen LogP contribution in [0.3, 0.4) is 0 Å². The Kier molecular flexibility index (Phi) is 2.46. The summed E-state index contributed by atoms with van der Waals surface area (Å²) in [5.74, 6) is 0. The first kappa shape index (κ1) is 10.1. The molecule has 73 valence electrons. The van der Waals surface area contributed by atoms with E-state index < -0.39 is 15.5 Å². The summed E-state index contributed by atoms with van der Waals surface area (Å²) in [7, 11) is 0. The van der Waals surface area contributed by atoms with Crippen LogP contribution in [-0.4, -0.2) is 9.85 Å². The molecule has 0 amide bonds. The maximum Gasteiger partial charge on any atom is 0.484 e. The van der Waals surface area contributed by atoms with E-state index in [0.717, 1.165) is 0 Å². The highest BCUT2D eigenvalue weighted by molar-refractivity contribution is 5.20. The first-order valence-corrected chi connectivity index (χ1v) is 3.69. The molecule has 0 aliphatic heterocycles. The zero-order valence-electron chi connectivity index (χ0n) is 7.12. The Labute approximate surface area is 79.5 Å². The lowest BCUT2D eigenvalue weighted by Gasteiger charge is -2.11. The molecule has 1 radical (unpaired) electrons. The molecule has 1 aromatic rings. The molecule has 0 aromatic heterocycles. The van der Waals surface area contributed by atoms with Gasteiger partial charge in [-0.25, -0.2) is 0 Å². The van der Waals surface area contributed by atoms with Gasteiger partial charge >= 0.3 is 5.66 Å². The summed E-state index contributed by atoms with van der Waals surface area (Å²) in [4.78, 5) is 19.1. The third-order valence-electron chi connectivity index (χ3n) is 1.84. The van der Waals surface area contributed by atoms with Crippen LogP contribution in [0.2, 0.25) is 0 Å². The van der Waals surface area contributed by atoms with Gasteiger partial charge in [-0.1, -0.05) is 18.2 Å². The third-order valence-corrected chi connectivity index (χ3v) is 1.84. The average molecular weight is 195 g/mol. The van der Waals surface area contributed by atoms with Gasteiger partial charge in [-0.05, 0) is 12.1 Å². The summed E-state index contributed by atoms with van der Waals surface area (Å²) in [6.45, 7) is 3.04. The number of nitro groups is 2. The van der Waals surface area contributed by atoms with Gasteiger partial charge in [0.05, 0.1) is 0 Å². The second-order valence-corrected chi connectivity index (χ2v) is 2.70. The smallest absolute Gasteiger partial charge is 0.258 e. The number of rotatable bonds is 3. The lowest BCUT2D eigenvalue weighted by atomic mass is 10.0. The monoisotopic (exact) mass is 195 g/mol. The van der Waals surface area contributed by atoms with Crippen molar-refractivity contribution in [2.24, 2.45) is 0 Å². The van der Waals surface area contributed by atoms with Crippen molar-refractivity contribution < 1.29 is 9.85 Å². The fourth-order valence-corrected chi connectivity index (χ4v) is 0.983. The van der Waals surface area contributed by atoms with Crippen LogP contribution < -0.4 is 0 Å². The minimum Gasteiger partial charge on any atom is -0.258 e. The van der Waals surface area contributed by atoms with E-state index in [1.54, 1.807) is 6.07 Å². The standard InChI is InChI=1S/C8H7N2O4/c1-8(9(11)12,10(13)14)7-5-3-2-4-6-7/h2-6H,1H2. The summed E-state index contributed by atoms with van der Waals surface area (Å²) in [6, 6.07) is 7.20. The van der Waals surface area contributed by atoms with Gasteiger partial charge in [0.1, 0.15) is 22.3 Å². The lowest BCUT2D eigenvalue weighted by Crippen LogP contribution is -2.40. The van der Waals surface area contributed by atoms with Crippen molar-refractivity contribution >= 4 is 0 Å². The zero-order valence-corrected chi connectivity index (χ0v) is 7.12. The lowest BCUT2D eigenvalue weighted by molar-refractivity contribution is -0.795. The maximum absolute atomic E-state index is 10.6. The van der Waals surface area contributed by atoms with Crippen molar-refractivity contribution in [1.82, 2.24) is 0 Å². The Balaban J connectivity index is 3.27. The van der Waals surface area contributed by atoms with Gasteiger partial charge in [0.15, 0.2) is 0 Å². The maximum atomic E-state index is 10.6. The first-order valence-electron chi connectivity index (χ1n) is 3.69. The molecule has 0 atom stereocenters. The summed E-state index contributed by atoms with van der Waals surface area (Å²) < 4.78 is 0. The van der Waals surface area contributed by atoms with E-state index in [-0.39, 0.29) is 5.56 Å². The molecule has 0 bridgehead atoms. The third kappa shape index (κ3) is 1.41. The number of nitrogens with zero attached hydrogens (tertiary/aromatic N) is 2. The van der Waals surface area contributed by atoms with E-state index in [2.05, 4.69) is 6.92 Å². The molecule has 1 aromatic carbocycles. The topological polar surface area (TPSA) is 86.3 Å². The van der Waals surface area contributed by atoms with Gasteiger partial charge in [-0.2, -0.15) is 0 Å². The highest BCUT2D eigenvalue weighted by atomic mass is 16.7. The van der Waals surface area contributed by atoms with Crippen molar-refractivity contribution in [3.8, 4) is 0 Å². The minimum atomic E-state index is -2.51. The highest BCUT2D eigenvalue weighted by Gasteiger charge is 2.52. The van der Waals surface area contributed by atoms with E-state index >= 15 is 0 Å². The van der Waals surface area contributed by atoms with E-state index in [1.807, 2.05) is 0 Å². The van der Waals surface area contributed by atoms with E-state index in [0.29, 0.717) is 0 Å². The predicted molar refractivity (Wildman–Crippen MR) is 47.5 cm³/mol. The average Bonchev–Trinajstić information content (AvgIpc) is 2.17. The molecule has 0 fully saturated rings. The number of hydrogen-bond acceptors (Lipinski definition) is 4. The minimum absolute atomic E-state index is 0.0463. The Morgan fingerprint density at radius 2 is 1.50 bits per heavy atom. The summed E-state index contributed by atoms with van der Waals surface area (Å²) in [5, 5.41) is 21.1. The molecule has 1 rings (SSSR count). The van der Waals surface area contributed by atoms with E-state index in [1.165, 1.54) is 24.3 Å². The fourth-order valence-electron chi connectivity index (χ4n) is 0.983. The van der Waals surface area contributed by atoms with Crippen LogP contribution in [0.1, 0.15) is 5.56 Å². The van der Waals surface area contributed by atoms with Crippen LogP contribution in [0.5, 0.6) is 0 Å². The van der Waals surface area contributed by atoms with Gasteiger partial charge in [-0.15, -0.1) is 0 Å². The predicted octanol–water partition coefficient (Wildman–Crippen LogP) is 1.23. The van der Waals surface area contributed by atoms with Crippen LogP contribution in [0.4, 0.5) is 0 Å². The Morgan fingerprint density at radius 3 is 1.86 bits per heavy atom. The van der Waals surface area contributed by atoms with Crippen molar-refractivity contribution in [3.63, 3.8) is 0 Å². The van der Waals surface area contributed by atoms with Crippen LogP contribution >= 0.6 is 0 Å². The van der Waals surface area contributed by atoms with Gasteiger partial charge in [0.2, 0.25) is 0 Å². The molecular weight excluding hydrogens is 188 g/mol. The molecule has 0 aliphatic carbocycles. The van der Waals surface area contributed by atoms with E-state index in [4.69, 9.17) is 0 Å². The summed E-state index contributed by atoms with van der Waals surface area (Å²) in [5.41, 5.74) is -2.56. The van der Waals surface area contributed by atoms with Crippen LogP contribution in [0, 0.1) is 27.2 Å². The van der Waals surface area contributed by atoms with Gasteiger partial charge in [-0.3, -0.25) is 20.2 Å². The van der Waals surface area contributed by atoms with Gasteiger partial charge in [0.25, 0.3) is 0 Å². The highest BCUT2D eigenvalue weighted by Crippen LogP contribution is 2.23. The second-order valence-electron chi connectivity index (χ2n) is 2.70. The normalized spacial score (nSPS) is 10.9. The first-order chi connectivity index (χ1) is 6.49. The van der Waals surface area contributed by atoms with Crippen molar-refractivity contribution in [2.75, 3.05) is 0 Å². The quantitative estimate of drug-likeness (QED) is 0.412. The molecule has 0 N–H and O–H groups in total. The Morgan fingerprint density at radius 1 is 1.07 bits per heavy atom. The van der Waals surface area contributed by atoms with Crippen LogP contribution in [-0.2, 0) is 5.66 Å². The largest absolute Gasteiger partial charge is 0.484 e. The molecule has 0 heterocycles. The van der Waals surface area contributed by atoms with E-state index in [9.17, 15) is 20.2 Å². The Hall–Kier alpha value is -1.98. The molecule has 14 heavy (non-hydrogen) atoms. The molecule has 0 saturated carbocycles. The van der Waals surface area contributed by atoms with Crippen molar-refractivity contribution in [1.29, 1.82) is 0 Å². The van der Waals surface area contributed by atoms with Crippen molar-refractivity contribution in [2.45, 2.75) is 5.66 Å². The summed E-state index contributed by atoms with van der Waals surface area (Å²) in [6.07, 6.45) is 0. The summed E-state index contributed by atoms with van der Waals surface area (Å²) >= 11 is 0. The molecule has 0 unspecified atom stereocenters. The molecule has 6 nitrogen and oxygen atoms in total. The van der Waals surface area contributed by atoms with Gasteiger partial charge in [0, 0.05) is 0 Å². The molecule has 6 heteroatoms.